The molecule has 4 heteroatoms. The first-order valence-corrected chi connectivity index (χ1v) is 5.72. The summed E-state index contributed by atoms with van der Waals surface area (Å²) in [7, 11) is 0. The lowest BCUT2D eigenvalue weighted by atomic mass is 10.2. The summed E-state index contributed by atoms with van der Waals surface area (Å²) in [4.78, 5) is 0. The van der Waals surface area contributed by atoms with E-state index < -0.39 is 0 Å². The van der Waals surface area contributed by atoms with Crippen LogP contribution in [0, 0.1) is 0 Å². The molecule has 2 rings (SSSR count). The van der Waals surface area contributed by atoms with Gasteiger partial charge < -0.3 is 14.6 Å². The van der Waals surface area contributed by atoms with Gasteiger partial charge in [0.1, 0.15) is 11.9 Å². The van der Waals surface area contributed by atoms with Gasteiger partial charge in [0.15, 0.2) is 0 Å². The van der Waals surface area contributed by atoms with Crippen molar-refractivity contribution < 1.29 is 14.6 Å². The molecule has 0 radical (unpaired) electrons. The molecule has 0 amide bonds. The average molecular weight is 273 g/mol. The molecule has 1 atom stereocenters. The van der Waals surface area contributed by atoms with Crippen molar-refractivity contribution in [1.82, 2.24) is 0 Å². The first-order valence-electron chi connectivity index (χ1n) is 4.93. The Labute approximate surface area is 97.1 Å². The number of rotatable bonds is 3. The van der Waals surface area contributed by atoms with E-state index in [4.69, 9.17) is 14.6 Å². The van der Waals surface area contributed by atoms with Crippen molar-refractivity contribution in [1.29, 1.82) is 0 Å². The second-order valence-electron chi connectivity index (χ2n) is 3.51. The number of benzene rings is 1. The summed E-state index contributed by atoms with van der Waals surface area (Å²) in [5.74, 6) is 0.790. The Morgan fingerprint density at radius 3 is 3.07 bits per heavy atom. The summed E-state index contributed by atoms with van der Waals surface area (Å²) in [5.41, 5.74) is 0.839. The quantitative estimate of drug-likeness (QED) is 0.916. The number of hydrogen-bond acceptors (Lipinski definition) is 3. The monoisotopic (exact) mass is 272 g/mol. The first-order chi connectivity index (χ1) is 7.29. The molecular formula is C11H13BrO3. The van der Waals surface area contributed by atoms with E-state index in [1.54, 1.807) is 0 Å². The maximum atomic E-state index is 9.09. The van der Waals surface area contributed by atoms with E-state index in [0.29, 0.717) is 6.61 Å². The van der Waals surface area contributed by atoms with Crippen molar-refractivity contribution in [3.63, 3.8) is 0 Å². The van der Waals surface area contributed by atoms with Crippen LogP contribution in [0.5, 0.6) is 5.75 Å². The Morgan fingerprint density at radius 1 is 1.53 bits per heavy atom. The van der Waals surface area contributed by atoms with Crippen LogP contribution in [0.3, 0.4) is 0 Å². The molecule has 1 heterocycles. The van der Waals surface area contributed by atoms with Crippen LogP contribution < -0.4 is 4.74 Å². The molecule has 0 spiro atoms. The van der Waals surface area contributed by atoms with Gasteiger partial charge in [0.2, 0.25) is 0 Å². The largest absolute Gasteiger partial charge is 0.488 e. The predicted octanol–water partition coefficient (Wildman–Crippen LogP) is 2.11. The Balaban J connectivity index is 2.07. The van der Waals surface area contributed by atoms with Crippen LogP contribution in [-0.4, -0.2) is 24.4 Å². The summed E-state index contributed by atoms with van der Waals surface area (Å²) in [6.45, 7) is 1.44. The minimum Gasteiger partial charge on any atom is -0.488 e. The third-order valence-corrected chi connectivity index (χ3v) is 3.15. The molecule has 15 heavy (non-hydrogen) atoms. The summed E-state index contributed by atoms with van der Waals surface area (Å²) < 4.78 is 11.8. The van der Waals surface area contributed by atoms with Crippen LogP contribution in [0.25, 0.3) is 0 Å². The van der Waals surface area contributed by atoms with Gasteiger partial charge >= 0.3 is 0 Å². The molecule has 1 unspecified atom stereocenters. The van der Waals surface area contributed by atoms with E-state index in [0.717, 1.165) is 28.8 Å². The molecule has 1 aromatic rings. The second kappa shape index (κ2) is 4.96. The van der Waals surface area contributed by atoms with Gasteiger partial charge in [-0.05, 0) is 23.8 Å². The number of aliphatic hydroxyl groups excluding tert-OH is 1. The van der Waals surface area contributed by atoms with Crippen LogP contribution in [0.15, 0.2) is 22.7 Å². The van der Waals surface area contributed by atoms with Crippen molar-refractivity contribution in [2.24, 2.45) is 0 Å². The topological polar surface area (TPSA) is 38.7 Å². The van der Waals surface area contributed by atoms with Gasteiger partial charge in [-0.2, -0.15) is 0 Å². The molecule has 1 aliphatic rings. The maximum Gasteiger partial charge on any atom is 0.124 e. The number of aliphatic hydroxyl groups is 1. The smallest absolute Gasteiger partial charge is 0.124 e. The van der Waals surface area contributed by atoms with E-state index in [-0.39, 0.29) is 12.7 Å². The number of hydrogen-bond donors (Lipinski definition) is 1. The molecule has 82 valence electrons. The zero-order valence-electron chi connectivity index (χ0n) is 8.28. The van der Waals surface area contributed by atoms with Gasteiger partial charge in [0.25, 0.3) is 0 Å². The van der Waals surface area contributed by atoms with Gasteiger partial charge in [0, 0.05) is 10.9 Å². The second-order valence-corrected chi connectivity index (χ2v) is 4.37. The molecule has 0 aromatic heterocycles. The summed E-state index contributed by atoms with van der Waals surface area (Å²) in [5, 5.41) is 9.09. The molecule has 1 N–H and O–H groups in total. The fourth-order valence-corrected chi connectivity index (χ4v) is 1.92. The van der Waals surface area contributed by atoms with Crippen molar-refractivity contribution in [2.45, 2.75) is 19.1 Å². The van der Waals surface area contributed by atoms with Gasteiger partial charge in [-0.15, -0.1) is 0 Å². The minimum atomic E-state index is 0.0128. The van der Waals surface area contributed by atoms with Crippen LogP contribution in [-0.2, 0) is 11.3 Å². The Morgan fingerprint density at radius 2 is 2.40 bits per heavy atom. The number of ether oxygens (including phenoxy) is 2. The zero-order chi connectivity index (χ0) is 10.7. The van der Waals surface area contributed by atoms with Crippen molar-refractivity contribution in [3.05, 3.63) is 28.2 Å². The van der Waals surface area contributed by atoms with E-state index in [1.807, 2.05) is 18.2 Å². The van der Waals surface area contributed by atoms with Crippen LogP contribution in [0.4, 0.5) is 0 Å². The first kappa shape index (κ1) is 10.9. The van der Waals surface area contributed by atoms with E-state index in [1.165, 1.54) is 0 Å². The molecule has 0 saturated carbocycles. The Bertz CT molecular complexity index is 335. The molecular weight excluding hydrogens is 260 g/mol. The van der Waals surface area contributed by atoms with Crippen LogP contribution >= 0.6 is 15.9 Å². The predicted molar refractivity (Wildman–Crippen MR) is 59.9 cm³/mol. The van der Waals surface area contributed by atoms with Gasteiger partial charge in [0.05, 0.1) is 19.8 Å². The highest BCUT2D eigenvalue weighted by molar-refractivity contribution is 9.10. The van der Waals surface area contributed by atoms with Crippen molar-refractivity contribution in [3.8, 4) is 5.75 Å². The highest BCUT2D eigenvalue weighted by atomic mass is 79.9. The Kier molecular flexibility index (Phi) is 3.61. The van der Waals surface area contributed by atoms with Gasteiger partial charge in [-0.1, -0.05) is 15.9 Å². The number of halogens is 1. The SMILES string of the molecule is OCc1cc(OC2CCOC2)ccc1Br. The normalized spacial score (nSPS) is 20.5. The highest BCUT2D eigenvalue weighted by Crippen LogP contribution is 2.24. The summed E-state index contributed by atoms with van der Waals surface area (Å²) in [6.07, 6.45) is 1.09. The molecule has 3 nitrogen and oxygen atoms in total. The lowest BCUT2D eigenvalue weighted by molar-refractivity contribution is 0.141. The Hall–Kier alpha value is -0.580. The fraction of sp³-hybridized carbons (Fsp3) is 0.455. The van der Waals surface area contributed by atoms with Crippen molar-refractivity contribution in [2.75, 3.05) is 13.2 Å². The third-order valence-electron chi connectivity index (χ3n) is 2.38. The maximum absolute atomic E-state index is 9.09. The fourth-order valence-electron chi connectivity index (χ4n) is 1.54. The minimum absolute atomic E-state index is 0.0128. The van der Waals surface area contributed by atoms with Crippen LogP contribution in [0.2, 0.25) is 0 Å². The lowest BCUT2D eigenvalue weighted by Gasteiger charge is -2.12. The molecule has 1 saturated heterocycles. The summed E-state index contributed by atoms with van der Waals surface area (Å²) in [6, 6.07) is 5.63. The van der Waals surface area contributed by atoms with E-state index >= 15 is 0 Å². The molecule has 1 fully saturated rings. The van der Waals surface area contributed by atoms with Crippen molar-refractivity contribution >= 4 is 15.9 Å². The van der Waals surface area contributed by atoms with Gasteiger partial charge in [-0.25, -0.2) is 0 Å². The third kappa shape index (κ3) is 2.71. The molecule has 1 aliphatic heterocycles. The lowest BCUT2D eigenvalue weighted by Crippen LogP contribution is -2.15. The molecule has 1 aromatic carbocycles. The molecule has 0 aliphatic carbocycles. The van der Waals surface area contributed by atoms with Gasteiger partial charge in [-0.3, -0.25) is 0 Å². The standard InChI is InChI=1S/C11H13BrO3/c12-11-2-1-9(5-8(11)6-13)15-10-3-4-14-7-10/h1-2,5,10,13H,3-4,6-7H2. The highest BCUT2D eigenvalue weighted by Gasteiger charge is 2.17. The average Bonchev–Trinajstić information content (AvgIpc) is 2.73. The van der Waals surface area contributed by atoms with E-state index in [2.05, 4.69) is 15.9 Å². The molecule has 0 bridgehead atoms. The van der Waals surface area contributed by atoms with E-state index in [9.17, 15) is 0 Å². The van der Waals surface area contributed by atoms with Crippen LogP contribution in [0.1, 0.15) is 12.0 Å². The zero-order valence-corrected chi connectivity index (χ0v) is 9.87. The summed E-state index contributed by atoms with van der Waals surface area (Å²) >= 11 is 3.36.